The van der Waals surface area contributed by atoms with Crippen LogP contribution in [0.4, 0.5) is 4.79 Å². The molecule has 0 bridgehead atoms. The summed E-state index contributed by atoms with van der Waals surface area (Å²) in [7, 11) is 1.67. The van der Waals surface area contributed by atoms with E-state index in [9.17, 15) is 4.79 Å². The van der Waals surface area contributed by atoms with Gasteiger partial charge in [-0.1, -0.05) is 18.2 Å². The Labute approximate surface area is 136 Å². The molecule has 1 fully saturated rings. The highest BCUT2D eigenvalue weighted by Crippen LogP contribution is 2.44. The van der Waals surface area contributed by atoms with Crippen molar-refractivity contribution < 1.29 is 13.9 Å². The van der Waals surface area contributed by atoms with Gasteiger partial charge in [0.05, 0.1) is 13.4 Å². The number of benzene rings is 1. The maximum absolute atomic E-state index is 12.1. The van der Waals surface area contributed by atoms with Crippen molar-refractivity contribution in [2.75, 3.05) is 7.11 Å². The summed E-state index contributed by atoms with van der Waals surface area (Å²) in [6, 6.07) is 11.8. The molecule has 0 radical (unpaired) electrons. The van der Waals surface area contributed by atoms with Gasteiger partial charge in [0.1, 0.15) is 11.5 Å². The van der Waals surface area contributed by atoms with Gasteiger partial charge >= 0.3 is 6.03 Å². The summed E-state index contributed by atoms with van der Waals surface area (Å²) in [5.74, 6) is 2.08. The largest absolute Gasteiger partial charge is 0.496 e. The van der Waals surface area contributed by atoms with Gasteiger partial charge < -0.3 is 19.8 Å². The Kier molecular flexibility index (Phi) is 4.55. The molecule has 1 saturated carbocycles. The highest BCUT2D eigenvalue weighted by atomic mass is 16.5. The summed E-state index contributed by atoms with van der Waals surface area (Å²) in [4.78, 5) is 12.1. The van der Waals surface area contributed by atoms with Gasteiger partial charge in [0.2, 0.25) is 0 Å². The first-order chi connectivity index (χ1) is 11.2. The van der Waals surface area contributed by atoms with Gasteiger partial charge in [-0.25, -0.2) is 4.79 Å². The molecule has 5 nitrogen and oxygen atoms in total. The zero-order valence-electron chi connectivity index (χ0n) is 13.4. The number of amides is 2. The fourth-order valence-electron chi connectivity index (χ4n) is 2.89. The lowest BCUT2D eigenvalue weighted by Gasteiger charge is -2.14. The molecule has 0 saturated heterocycles. The summed E-state index contributed by atoms with van der Waals surface area (Å²) in [5, 5.41) is 5.98. The average Bonchev–Trinajstić information content (AvgIpc) is 3.09. The van der Waals surface area contributed by atoms with Gasteiger partial charge in [-0.05, 0) is 37.1 Å². The molecule has 122 valence electrons. The van der Waals surface area contributed by atoms with Crippen LogP contribution in [0.1, 0.15) is 30.6 Å². The van der Waals surface area contributed by atoms with Crippen LogP contribution in [-0.4, -0.2) is 25.2 Å². The molecule has 1 aromatic carbocycles. The summed E-state index contributed by atoms with van der Waals surface area (Å²) >= 11 is 0. The molecule has 0 unspecified atom stereocenters. The van der Waals surface area contributed by atoms with Crippen LogP contribution in [0, 0.1) is 0 Å². The van der Waals surface area contributed by atoms with Crippen molar-refractivity contribution in [3.63, 3.8) is 0 Å². The molecule has 2 aromatic rings. The third kappa shape index (κ3) is 3.86. The molecular formula is C18H22N2O3. The lowest BCUT2D eigenvalue weighted by atomic mass is 10.1. The number of furan rings is 1. The number of hydrogen-bond donors (Lipinski definition) is 2. The van der Waals surface area contributed by atoms with E-state index in [1.54, 1.807) is 13.4 Å². The first kappa shape index (κ1) is 15.5. The second kappa shape index (κ2) is 6.77. The van der Waals surface area contributed by atoms with Gasteiger partial charge in [0.15, 0.2) is 0 Å². The molecule has 0 spiro atoms. The fourth-order valence-corrected chi connectivity index (χ4v) is 2.89. The molecule has 3 rings (SSSR count). The van der Waals surface area contributed by atoms with Crippen molar-refractivity contribution >= 4 is 6.03 Å². The minimum absolute atomic E-state index is 0.0182. The lowest BCUT2D eigenvalue weighted by molar-refractivity contribution is 0.236. The second-order valence-corrected chi connectivity index (χ2v) is 5.99. The maximum atomic E-state index is 12.1. The molecular weight excluding hydrogens is 292 g/mol. The van der Waals surface area contributed by atoms with Crippen LogP contribution in [0.2, 0.25) is 0 Å². The van der Waals surface area contributed by atoms with Crippen molar-refractivity contribution in [2.45, 2.75) is 37.8 Å². The predicted octanol–water partition coefficient (Wildman–Crippen LogP) is 3.07. The van der Waals surface area contributed by atoms with E-state index in [-0.39, 0.29) is 18.1 Å². The Balaban J connectivity index is 1.48. The number of carbonyl (C=O) groups excluding carboxylic acids is 1. The SMILES string of the molecule is COc1ccccc1[C@@H]1C[C@@H]1NC(=O)N[C@H](C)Cc1ccco1. The fraction of sp³-hybridized carbons (Fsp3) is 0.389. The zero-order valence-corrected chi connectivity index (χ0v) is 13.4. The lowest BCUT2D eigenvalue weighted by Crippen LogP contribution is -2.42. The Morgan fingerprint density at radius 1 is 1.35 bits per heavy atom. The minimum Gasteiger partial charge on any atom is -0.496 e. The smallest absolute Gasteiger partial charge is 0.315 e. The minimum atomic E-state index is -0.133. The molecule has 1 heterocycles. The van der Waals surface area contributed by atoms with Crippen molar-refractivity contribution in [1.82, 2.24) is 10.6 Å². The third-order valence-corrected chi connectivity index (χ3v) is 4.11. The number of carbonyl (C=O) groups is 1. The monoisotopic (exact) mass is 314 g/mol. The number of ether oxygens (including phenoxy) is 1. The van der Waals surface area contributed by atoms with Crippen LogP contribution < -0.4 is 15.4 Å². The Bertz CT molecular complexity index is 654. The van der Waals surface area contributed by atoms with Crippen molar-refractivity contribution in [3.8, 4) is 5.75 Å². The normalized spacial score (nSPS) is 20.6. The van der Waals surface area contributed by atoms with Crippen LogP contribution in [0.15, 0.2) is 47.1 Å². The number of rotatable bonds is 6. The van der Waals surface area contributed by atoms with Crippen molar-refractivity contribution in [3.05, 3.63) is 54.0 Å². The molecule has 2 N–H and O–H groups in total. The second-order valence-electron chi connectivity index (χ2n) is 5.99. The Morgan fingerprint density at radius 2 is 2.17 bits per heavy atom. The molecule has 23 heavy (non-hydrogen) atoms. The standard InChI is InChI=1S/C18H22N2O3/c1-12(10-13-6-5-9-23-13)19-18(21)20-16-11-15(16)14-7-3-4-8-17(14)22-2/h3-9,12,15-16H,10-11H2,1-2H3,(H2,19,20,21)/t12-,15+,16+/m1/s1. The zero-order chi connectivity index (χ0) is 16.2. The van der Waals surface area contributed by atoms with E-state index in [0.717, 1.165) is 23.5 Å². The molecule has 3 atom stereocenters. The van der Waals surface area contributed by atoms with Gasteiger partial charge in [0.25, 0.3) is 0 Å². The van der Waals surface area contributed by atoms with Crippen molar-refractivity contribution in [2.24, 2.45) is 0 Å². The van der Waals surface area contributed by atoms with E-state index in [4.69, 9.17) is 9.15 Å². The number of para-hydroxylation sites is 1. The highest BCUT2D eigenvalue weighted by molar-refractivity contribution is 5.75. The first-order valence-electron chi connectivity index (χ1n) is 7.89. The topological polar surface area (TPSA) is 63.5 Å². The first-order valence-corrected chi connectivity index (χ1v) is 7.89. The van der Waals surface area contributed by atoms with E-state index in [2.05, 4.69) is 16.7 Å². The van der Waals surface area contributed by atoms with E-state index in [0.29, 0.717) is 12.3 Å². The van der Waals surface area contributed by atoms with Crippen LogP contribution >= 0.6 is 0 Å². The Morgan fingerprint density at radius 3 is 2.91 bits per heavy atom. The molecule has 1 aliphatic rings. The maximum Gasteiger partial charge on any atom is 0.315 e. The summed E-state index contributed by atoms with van der Waals surface area (Å²) in [6.07, 6.45) is 3.27. The molecule has 5 heteroatoms. The number of urea groups is 1. The van der Waals surface area contributed by atoms with Crippen LogP contribution in [0.5, 0.6) is 5.75 Å². The Hall–Kier alpha value is -2.43. The van der Waals surface area contributed by atoms with E-state index in [1.807, 2.05) is 37.3 Å². The highest BCUT2D eigenvalue weighted by Gasteiger charge is 2.41. The van der Waals surface area contributed by atoms with E-state index < -0.39 is 0 Å². The van der Waals surface area contributed by atoms with Crippen LogP contribution in [0.3, 0.4) is 0 Å². The van der Waals surface area contributed by atoms with Crippen LogP contribution in [-0.2, 0) is 6.42 Å². The summed E-state index contributed by atoms with van der Waals surface area (Å²) in [5.41, 5.74) is 1.16. The van der Waals surface area contributed by atoms with Gasteiger partial charge in [0, 0.05) is 24.4 Å². The van der Waals surface area contributed by atoms with Gasteiger partial charge in [-0.2, -0.15) is 0 Å². The number of hydrogen-bond acceptors (Lipinski definition) is 3. The summed E-state index contributed by atoms with van der Waals surface area (Å²) < 4.78 is 10.7. The number of methoxy groups -OCH3 is 1. The molecule has 0 aliphatic heterocycles. The quantitative estimate of drug-likeness (QED) is 0.861. The van der Waals surface area contributed by atoms with E-state index in [1.165, 1.54) is 0 Å². The molecule has 2 amide bonds. The van der Waals surface area contributed by atoms with E-state index >= 15 is 0 Å². The number of nitrogens with one attached hydrogen (secondary N) is 2. The molecule has 1 aliphatic carbocycles. The van der Waals surface area contributed by atoms with Crippen molar-refractivity contribution in [1.29, 1.82) is 0 Å². The summed E-state index contributed by atoms with van der Waals surface area (Å²) in [6.45, 7) is 1.96. The predicted molar refractivity (Wildman–Crippen MR) is 87.7 cm³/mol. The average molecular weight is 314 g/mol. The molecule has 1 aromatic heterocycles. The third-order valence-electron chi connectivity index (χ3n) is 4.11. The van der Waals surface area contributed by atoms with Gasteiger partial charge in [-0.15, -0.1) is 0 Å². The van der Waals surface area contributed by atoms with Gasteiger partial charge in [-0.3, -0.25) is 0 Å². The van der Waals surface area contributed by atoms with Crippen LogP contribution in [0.25, 0.3) is 0 Å².